The summed E-state index contributed by atoms with van der Waals surface area (Å²) in [5.74, 6) is -1.88. The first-order chi connectivity index (χ1) is 9.81. The van der Waals surface area contributed by atoms with Gasteiger partial charge >= 0.3 is 5.97 Å². The third-order valence-electron chi connectivity index (χ3n) is 2.97. The Kier molecular flexibility index (Phi) is 4.81. The maximum Gasteiger partial charge on any atom is 0.316 e. The van der Waals surface area contributed by atoms with Gasteiger partial charge in [0.2, 0.25) is 11.8 Å². The van der Waals surface area contributed by atoms with Crippen molar-refractivity contribution >= 4 is 58.4 Å². The van der Waals surface area contributed by atoms with E-state index >= 15 is 0 Å². The van der Waals surface area contributed by atoms with Crippen molar-refractivity contribution in [3.63, 3.8) is 0 Å². The Balaban J connectivity index is 2.24. The molecule has 112 valence electrons. The summed E-state index contributed by atoms with van der Waals surface area (Å²) >= 11 is 12.8. The highest BCUT2D eigenvalue weighted by Crippen LogP contribution is 2.36. The van der Waals surface area contributed by atoms with E-state index in [1.54, 1.807) is 0 Å². The lowest BCUT2D eigenvalue weighted by Gasteiger charge is -2.17. The van der Waals surface area contributed by atoms with Crippen molar-refractivity contribution in [1.82, 2.24) is 0 Å². The quantitative estimate of drug-likeness (QED) is 0.847. The van der Waals surface area contributed by atoms with Gasteiger partial charge in [-0.05, 0) is 25.1 Å². The van der Waals surface area contributed by atoms with E-state index in [4.69, 9.17) is 28.3 Å². The normalized spacial score (nSPS) is 20.0. The average molecular weight is 348 g/mol. The van der Waals surface area contributed by atoms with Gasteiger partial charge < -0.3 is 5.11 Å². The van der Waals surface area contributed by atoms with E-state index in [1.807, 2.05) is 0 Å². The van der Waals surface area contributed by atoms with Crippen molar-refractivity contribution in [3.05, 3.63) is 28.2 Å². The van der Waals surface area contributed by atoms with Crippen LogP contribution in [0.2, 0.25) is 10.0 Å². The molecule has 0 aliphatic carbocycles. The molecule has 2 rings (SSSR count). The molecule has 2 amide bonds. The highest BCUT2D eigenvalue weighted by Gasteiger charge is 2.42. The summed E-state index contributed by atoms with van der Waals surface area (Å²) in [5.41, 5.74) is 0.266. The molecular formula is C13H11Cl2NO4S. The summed E-state index contributed by atoms with van der Waals surface area (Å²) in [7, 11) is 0. The largest absolute Gasteiger partial charge is 0.480 e. The summed E-state index contributed by atoms with van der Waals surface area (Å²) in [4.78, 5) is 36.2. The number of hydrogen-bond acceptors (Lipinski definition) is 4. The Labute approximate surface area is 135 Å². The van der Waals surface area contributed by atoms with Crippen molar-refractivity contribution in [2.24, 2.45) is 0 Å². The molecule has 1 fully saturated rings. The second-order valence-corrected chi connectivity index (χ2v) is 6.86. The van der Waals surface area contributed by atoms with Gasteiger partial charge in [-0.2, -0.15) is 0 Å². The number of carboxylic acids is 1. The van der Waals surface area contributed by atoms with Gasteiger partial charge in [0, 0.05) is 11.4 Å². The molecule has 1 aliphatic rings. The Morgan fingerprint density at radius 3 is 2.67 bits per heavy atom. The number of carboxylic acid groups (broad SMARTS) is 1. The lowest BCUT2D eigenvalue weighted by Crippen LogP contribution is -2.32. The van der Waals surface area contributed by atoms with Gasteiger partial charge in [0.1, 0.15) is 5.25 Å². The number of amides is 2. The van der Waals surface area contributed by atoms with Crippen molar-refractivity contribution in [2.75, 3.05) is 4.90 Å². The zero-order valence-electron chi connectivity index (χ0n) is 10.9. The van der Waals surface area contributed by atoms with Crippen LogP contribution in [0.25, 0.3) is 0 Å². The molecule has 0 spiro atoms. The Morgan fingerprint density at radius 2 is 2.10 bits per heavy atom. The van der Waals surface area contributed by atoms with Crippen molar-refractivity contribution in [1.29, 1.82) is 0 Å². The zero-order chi connectivity index (χ0) is 15.7. The SMILES string of the molecule is CC(SC1CC(=O)N(c2ccc(Cl)cc2Cl)C1=O)C(=O)O. The van der Waals surface area contributed by atoms with Crippen LogP contribution < -0.4 is 4.90 Å². The molecule has 0 aromatic heterocycles. The van der Waals surface area contributed by atoms with Gasteiger partial charge in [-0.25, -0.2) is 4.90 Å². The fourth-order valence-electron chi connectivity index (χ4n) is 1.93. The van der Waals surface area contributed by atoms with E-state index in [0.29, 0.717) is 5.02 Å². The third-order valence-corrected chi connectivity index (χ3v) is 4.82. The van der Waals surface area contributed by atoms with Crippen LogP contribution >= 0.6 is 35.0 Å². The number of anilines is 1. The average Bonchev–Trinajstić information content (AvgIpc) is 2.65. The van der Waals surface area contributed by atoms with E-state index in [1.165, 1.54) is 25.1 Å². The van der Waals surface area contributed by atoms with E-state index in [-0.39, 0.29) is 17.1 Å². The lowest BCUT2D eigenvalue weighted by molar-refractivity contribution is -0.136. The summed E-state index contributed by atoms with van der Waals surface area (Å²) in [6.07, 6.45) is -0.0416. The van der Waals surface area contributed by atoms with E-state index < -0.39 is 28.3 Å². The molecular weight excluding hydrogens is 337 g/mol. The predicted octanol–water partition coefficient (Wildman–Crippen LogP) is 2.83. The summed E-state index contributed by atoms with van der Waals surface area (Å²) in [6, 6.07) is 4.47. The van der Waals surface area contributed by atoms with Gasteiger partial charge in [-0.15, -0.1) is 11.8 Å². The number of hydrogen-bond donors (Lipinski definition) is 1. The summed E-state index contributed by atoms with van der Waals surface area (Å²) in [6.45, 7) is 1.47. The van der Waals surface area contributed by atoms with Gasteiger partial charge in [-0.3, -0.25) is 14.4 Å². The molecule has 1 aliphatic heterocycles. The second kappa shape index (κ2) is 6.25. The van der Waals surface area contributed by atoms with E-state index in [0.717, 1.165) is 16.7 Å². The zero-order valence-corrected chi connectivity index (χ0v) is 13.2. The lowest BCUT2D eigenvalue weighted by atomic mass is 10.3. The molecule has 0 saturated carbocycles. The van der Waals surface area contributed by atoms with Crippen LogP contribution in [0.5, 0.6) is 0 Å². The third kappa shape index (κ3) is 3.33. The number of thioether (sulfide) groups is 1. The van der Waals surface area contributed by atoms with Crippen LogP contribution in [-0.2, 0) is 14.4 Å². The Bertz CT molecular complexity index is 622. The monoisotopic (exact) mass is 347 g/mol. The standard InChI is InChI=1S/C13H11Cl2NO4S/c1-6(13(19)20)21-10-5-11(17)16(12(10)18)9-3-2-7(14)4-8(9)15/h2-4,6,10H,5H2,1H3,(H,19,20). The summed E-state index contributed by atoms with van der Waals surface area (Å²) in [5, 5.41) is 7.99. The molecule has 5 nitrogen and oxygen atoms in total. The number of benzene rings is 1. The van der Waals surface area contributed by atoms with Gasteiger partial charge in [0.25, 0.3) is 0 Å². The number of nitrogens with zero attached hydrogens (tertiary/aromatic N) is 1. The van der Waals surface area contributed by atoms with Crippen LogP contribution in [0.15, 0.2) is 18.2 Å². The molecule has 1 aromatic rings. The molecule has 1 saturated heterocycles. The van der Waals surface area contributed by atoms with Crippen LogP contribution in [-0.4, -0.2) is 33.4 Å². The Morgan fingerprint density at radius 1 is 1.43 bits per heavy atom. The smallest absolute Gasteiger partial charge is 0.316 e. The van der Waals surface area contributed by atoms with Crippen LogP contribution in [0.4, 0.5) is 5.69 Å². The molecule has 0 radical (unpaired) electrons. The number of carbonyl (C=O) groups is 3. The predicted molar refractivity (Wildman–Crippen MR) is 82.0 cm³/mol. The molecule has 1 N–H and O–H groups in total. The first kappa shape index (κ1) is 16.1. The van der Waals surface area contributed by atoms with Crippen molar-refractivity contribution in [3.8, 4) is 0 Å². The molecule has 2 atom stereocenters. The number of rotatable bonds is 4. The van der Waals surface area contributed by atoms with Gasteiger partial charge in [0.15, 0.2) is 0 Å². The minimum Gasteiger partial charge on any atom is -0.480 e. The number of carbonyl (C=O) groups excluding carboxylic acids is 2. The van der Waals surface area contributed by atoms with Crippen molar-refractivity contribution < 1.29 is 19.5 Å². The van der Waals surface area contributed by atoms with Gasteiger partial charge in [-0.1, -0.05) is 23.2 Å². The molecule has 0 bridgehead atoms. The molecule has 1 heterocycles. The highest BCUT2D eigenvalue weighted by atomic mass is 35.5. The number of imide groups is 1. The second-order valence-electron chi connectivity index (χ2n) is 4.47. The van der Waals surface area contributed by atoms with Crippen LogP contribution in [0.1, 0.15) is 13.3 Å². The Hall–Kier alpha value is -1.24. The molecule has 2 unspecified atom stereocenters. The maximum absolute atomic E-state index is 12.3. The maximum atomic E-state index is 12.3. The first-order valence-electron chi connectivity index (χ1n) is 6.01. The van der Waals surface area contributed by atoms with E-state index in [2.05, 4.69) is 0 Å². The molecule has 8 heteroatoms. The first-order valence-corrected chi connectivity index (χ1v) is 7.71. The minimum absolute atomic E-state index is 0.0416. The fraction of sp³-hybridized carbons (Fsp3) is 0.308. The number of aliphatic carboxylic acids is 1. The molecule has 1 aromatic carbocycles. The van der Waals surface area contributed by atoms with Gasteiger partial charge in [0.05, 0.1) is 16.0 Å². The van der Waals surface area contributed by atoms with Crippen LogP contribution in [0, 0.1) is 0 Å². The van der Waals surface area contributed by atoms with Crippen molar-refractivity contribution in [2.45, 2.75) is 23.8 Å². The fourth-order valence-corrected chi connectivity index (χ4v) is 3.49. The summed E-state index contributed by atoms with van der Waals surface area (Å²) < 4.78 is 0. The molecule has 21 heavy (non-hydrogen) atoms. The number of halogens is 2. The highest BCUT2D eigenvalue weighted by molar-refractivity contribution is 8.01. The van der Waals surface area contributed by atoms with E-state index in [9.17, 15) is 14.4 Å². The topological polar surface area (TPSA) is 74.7 Å². The van der Waals surface area contributed by atoms with Crippen LogP contribution in [0.3, 0.4) is 0 Å². The minimum atomic E-state index is -1.02.